The molecule has 0 N–H and O–H groups in total. The minimum absolute atomic E-state index is 0.105. The summed E-state index contributed by atoms with van der Waals surface area (Å²) in [4.78, 5) is 33.2. The number of benzene rings is 1. The summed E-state index contributed by atoms with van der Waals surface area (Å²) in [5, 5.41) is 1.93. The molecule has 0 bridgehead atoms. The zero-order chi connectivity index (χ0) is 17.9. The van der Waals surface area contributed by atoms with Crippen molar-refractivity contribution in [2.75, 3.05) is 49.9 Å². The SMILES string of the molecule is O=C(c1cccs1)N1CCN(CC(=O)N2CCSc3ccccc32)CC1. The summed E-state index contributed by atoms with van der Waals surface area (Å²) in [6.45, 7) is 4.02. The van der Waals surface area contributed by atoms with E-state index < -0.39 is 0 Å². The molecular weight excluding hydrogens is 366 g/mol. The number of fused-ring (bicyclic) bond motifs is 1. The molecule has 0 unspecified atom stereocenters. The molecule has 4 rings (SSSR count). The average molecular weight is 388 g/mol. The van der Waals surface area contributed by atoms with Crippen LogP contribution in [-0.2, 0) is 4.79 Å². The van der Waals surface area contributed by atoms with Gasteiger partial charge < -0.3 is 9.80 Å². The molecule has 0 spiro atoms. The highest BCUT2D eigenvalue weighted by Gasteiger charge is 2.27. The minimum atomic E-state index is 0.105. The molecular formula is C19H21N3O2S2. The maximum atomic E-state index is 12.8. The lowest BCUT2D eigenvalue weighted by molar-refractivity contribution is -0.120. The molecule has 1 aromatic heterocycles. The minimum Gasteiger partial charge on any atom is -0.335 e. The smallest absolute Gasteiger partial charge is 0.264 e. The fourth-order valence-electron chi connectivity index (χ4n) is 3.37. The van der Waals surface area contributed by atoms with Crippen LogP contribution in [0.25, 0.3) is 0 Å². The average Bonchev–Trinajstić information content (AvgIpc) is 3.22. The number of rotatable bonds is 3. The van der Waals surface area contributed by atoms with Crippen LogP contribution in [0.2, 0.25) is 0 Å². The Balaban J connectivity index is 1.34. The number of anilines is 1. The number of thiophene rings is 1. The first-order valence-corrected chi connectivity index (χ1v) is 10.7. The molecule has 3 heterocycles. The summed E-state index contributed by atoms with van der Waals surface area (Å²) >= 11 is 3.29. The Morgan fingerprint density at radius 2 is 1.77 bits per heavy atom. The maximum absolute atomic E-state index is 12.8. The van der Waals surface area contributed by atoms with E-state index in [0.717, 1.165) is 36.0 Å². The van der Waals surface area contributed by atoms with Gasteiger partial charge in [0, 0.05) is 43.4 Å². The molecule has 7 heteroatoms. The van der Waals surface area contributed by atoms with E-state index in [1.165, 1.54) is 16.2 Å². The van der Waals surface area contributed by atoms with Gasteiger partial charge in [0.1, 0.15) is 0 Å². The van der Waals surface area contributed by atoms with E-state index in [4.69, 9.17) is 0 Å². The predicted octanol–water partition coefficient (Wildman–Crippen LogP) is 2.64. The number of thioether (sulfide) groups is 1. The number of carbonyl (C=O) groups excluding carboxylic acids is 2. The van der Waals surface area contributed by atoms with E-state index in [1.54, 1.807) is 0 Å². The predicted molar refractivity (Wildman–Crippen MR) is 106 cm³/mol. The van der Waals surface area contributed by atoms with Gasteiger partial charge in [0.2, 0.25) is 5.91 Å². The number of carbonyl (C=O) groups is 2. The van der Waals surface area contributed by atoms with E-state index in [0.29, 0.717) is 19.6 Å². The Morgan fingerprint density at radius 1 is 0.962 bits per heavy atom. The van der Waals surface area contributed by atoms with Gasteiger partial charge >= 0.3 is 0 Å². The van der Waals surface area contributed by atoms with Crippen LogP contribution in [0.1, 0.15) is 9.67 Å². The quantitative estimate of drug-likeness (QED) is 0.812. The molecule has 1 fully saturated rings. The number of para-hydroxylation sites is 1. The third kappa shape index (κ3) is 3.65. The normalized spacial score (nSPS) is 17.8. The van der Waals surface area contributed by atoms with Crippen molar-refractivity contribution in [3.8, 4) is 0 Å². The van der Waals surface area contributed by atoms with E-state index in [-0.39, 0.29) is 11.8 Å². The fourth-order valence-corrected chi connectivity index (χ4v) is 5.06. The standard InChI is InChI=1S/C19H21N3O2S2/c23-18(22-11-13-26-16-5-2-1-4-15(16)22)14-20-7-9-21(10-8-20)19(24)17-6-3-12-25-17/h1-6,12H,7-11,13-14H2. The van der Waals surface area contributed by atoms with Gasteiger partial charge in [0.05, 0.1) is 17.1 Å². The van der Waals surface area contributed by atoms with Crippen molar-refractivity contribution in [1.82, 2.24) is 9.80 Å². The van der Waals surface area contributed by atoms with Gasteiger partial charge in [-0.15, -0.1) is 23.1 Å². The number of piperazine rings is 1. The van der Waals surface area contributed by atoms with E-state index in [1.807, 2.05) is 57.3 Å². The number of amides is 2. The zero-order valence-corrected chi connectivity index (χ0v) is 16.1. The van der Waals surface area contributed by atoms with Crippen LogP contribution in [0.4, 0.5) is 5.69 Å². The molecule has 1 aromatic carbocycles. The summed E-state index contributed by atoms with van der Waals surface area (Å²) in [5.41, 5.74) is 1.03. The molecule has 0 saturated carbocycles. The van der Waals surface area contributed by atoms with Crippen molar-refractivity contribution in [2.45, 2.75) is 4.90 Å². The van der Waals surface area contributed by atoms with E-state index in [2.05, 4.69) is 11.0 Å². The molecule has 136 valence electrons. The lowest BCUT2D eigenvalue weighted by atomic mass is 10.2. The van der Waals surface area contributed by atoms with E-state index >= 15 is 0 Å². The molecule has 0 aliphatic carbocycles. The number of nitrogens with zero attached hydrogens (tertiary/aromatic N) is 3. The lowest BCUT2D eigenvalue weighted by Gasteiger charge is -2.36. The zero-order valence-electron chi connectivity index (χ0n) is 14.5. The molecule has 2 aliphatic heterocycles. The molecule has 26 heavy (non-hydrogen) atoms. The number of hydrogen-bond acceptors (Lipinski definition) is 5. The van der Waals surface area contributed by atoms with Crippen LogP contribution in [0.15, 0.2) is 46.7 Å². The van der Waals surface area contributed by atoms with Gasteiger partial charge in [0.25, 0.3) is 5.91 Å². The van der Waals surface area contributed by atoms with Gasteiger partial charge in [0.15, 0.2) is 0 Å². The van der Waals surface area contributed by atoms with Gasteiger partial charge in [-0.25, -0.2) is 0 Å². The first kappa shape index (κ1) is 17.6. The third-order valence-corrected chi connectivity index (χ3v) is 6.68. The summed E-state index contributed by atoms with van der Waals surface area (Å²) in [7, 11) is 0. The molecule has 0 radical (unpaired) electrons. The van der Waals surface area contributed by atoms with Crippen molar-refractivity contribution in [3.63, 3.8) is 0 Å². The fraction of sp³-hybridized carbons (Fsp3) is 0.368. The van der Waals surface area contributed by atoms with Crippen molar-refractivity contribution in [1.29, 1.82) is 0 Å². The van der Waals surface area contributed by atoms with Crippen LogP contribution in [-0.4, -0.2) is 66.6 Å². The highest BCUT2D eigenvalue weighted by atomic mass is 32.2. The van der Waals surface area contributed by atoms with Gasteiger partial charge in [-0.3, -0.25) is 14.5 Å². The monoisotopic (exact) mass is 387 g/mol. The second kappa shape index (κ2) is 7.82. The van der Waals surface area contributed by atoms with Crippen LogP contribution in [0, 0.1) is 0 Å². The summed E-state index contributed by atoms with van der Waals surface area (Å²) in [6.07, 6.45) is 0. The van der Waals surface area contributed by atoms with Gasteiger partial charge in [-0.05, 0) is 23.6 Å². The summed E-state index contributed by atoms with van der Waals surface area (Å²) in [6, 6.07) is 11.9. The van der Waals surface area contributed by atoms with Crippen molar-refractivity contribution in [3.05, 3.63) is 46.7 Å². The first-order chi connectivity index (χ1) is 12.7. The largest absolute Gasteiger partial charge is 0.335 e. The third-order valence-electron chi connectivity index (χ3n) is 4.78. The lowest BCUT2D eigenvalue weighted by Crippen LogP contribution is -2.52. The maximum Gasteiger partial charge on any atom is 0.264 e. The van der Waals surface area contributed by atoms with Crippen LogP contribution >= 0.6 is 23.1 Å². The highest BCUT2D eigenvalue weighted by Crippen LogP contribution is 2.34. The summed E-state index contributed by atoms with van der Waals surface area (Å²) in [5.74, 6) is 1.19. The van der Waals surface area contributed by atoms with Gasteiger partial charge in [-0.1, -0.05) is 18.2 Å². The molecule has 0 atom stereocenters. The van der Waals surface area contributed by atoms with Crippen molar-refractivity contribution < 1.29 is 9.59 Å². The molecule has 1 saturated heterocycles. The molecule has 2 aromatic rings. The van der Waals surface area contributed by atoms with Crippen molar-refractivity contribution in [2.24, 2.45) is 0 Å². The Labute approximate surface area is 161 Å². The molecule has 2 amide bonds. The molecule has 5 nitrogen and oxygen atoms in total. The van der Waals surface area contributed by atoms with Gasteiger partial charge in [-0.2, -0.15) is 0 Å². The highest BCUT2D eigenvalue weighted by molar-refractivity contribution is 7.99. The van der Waals surface area contributed by atoms with Crippen molar-refractivity contribution >= 4 is 40.6 Å². The number of hydrogen-bond donors (Lipinski definition) is 0. The van der Waals surface area contributed by atoms with E-state index in [9.17, 15) is 9.59 Å². The van der Waals surface area contributed by atoms with Crippen LogP contribution < -0.4 is 4.90 Å². The Morgan fingerprint density at radius 3 is 2.54 bits per heavy atom. The topological polar surface area (TPSA) is 43.9 Å². The Bertz CT molecular complexity index is 786. The Hall–Kier alpha value is -1.83. The van der Waals surface area contributed by atoms with Crippen LogP contribution in [0.5, 0.6) is 0 Å². The molecule has 2 aliphatic rings. The summed E-state index contributed by atoms with van der Waals surface area (Å²) < 4.78 is 0. The first-order valence-electron chi connectivity index (χ1n) is 8.80. The van der Waals surface area contributed by atoms with Crippen LogP contribution in [0.3, 0.4) is 0 Å². The second-order valence-corrected chi connectivity index (χ2v) is 8.49. The second-order valence-electron chi connectivity index (χ2n) is 6.41. The Kier molecular flexibility index (Phi) is 5.28.